The van der Waals surface area contributed by atoms with Crippen LogP contribution in [0.15, 0.2) is 71.6 Å². The maximum absolute atomic E-state index is 12.0. The molecule has 2 heteroatoms. The van der Waals surface area contributed by atoms with Crippen molar-refractivity contribution in [1.29, 1.82) is 0 Å². The Kier molecular flexibility index (Phi) is 4.10. The fraction of sp³-hybridized carbons (Fsp3) is 0.179. The molecule has 0 amide bonds. The summed E-state index contributed by atoms with van der Waals surface area (Å²) in [7, 11) is 0. The molecule has 0 heterocycles. The summed E-state index contributed by atoms with van der Waals surface area (Å²) in [5, 5.41) is 2.78. The molecule has 2 aliphatic carbocycles. The number of carbonyl (C=O) groups excluding carboxylic acids is 1. The minimum Gasteiger partial charge on any atom is -0.287 e. The van der Waals surface area contributed by atoms with E-state index in [1.165, 1.54) is 67.0 Å². The van der Waals surface area contributed by atoms with E-state index in [0.29, 0.717) is 0 Å². The van der Waals surface area contributed by atoms with Crippen molar-refractivity contribution < 1.29 is 4.79 Å². The largest absolute Gasteiger partial charge is 0.287 e. The molecule has 0 fully saturated rings. The predicted molar refractivity (Wildman–Crippen MR) is 126 cm³/mol. The van der Waals surface area contributed by atoms with E-state index < -0.39 is 0 Å². The smallest absolute Gasteiger partial charge is 0.190 e. The first-order valence-corrected chi connectivity index (χ1v) is 11.5. The first-order valence-electron chi connectivity index (χ1n) is 10.7. The van der Waals surface area contributed by atoms with Crippen LogP contribution in [0, 0.1) is 0 Å². The molecule has 146 valence electrons. The average Bonchev–Trinajstić information content (AvgIpc) is 2.77. The normalized spacial score (nSPS) is 13.9. The van der Waals surface area contributed by atoms with Gasteiger partial charge in [-0.3, -0.25) is 4.79 Å². The molecule has 30 heavy (non-hydrogen) atoms. The number of thioether (sulfide) groups is 1. The van der Waals surface area contributed by atoms with Crippen LogP contribution in [-0.4, -0.2) is 5.12 Å². The number of fused-ring (bicyclic) bond motifs is 9. The highest BCUT2D eigenvalue weighted by molar-refractivity contribution is 8.13. The van der Waals surface area contributed by atoms with E-state index >= 15 is 0 Å². The fourth-order valence-electron chi connectivity index (χ4n) is 5.34. The van der Waals surface area contributed by atoms with Crippen molar-refractivity contribution in [2.75, 3.05) is 0 Å². The van der Waals surface area contributed by atoms with E-state index in [1.807, 2.05) is 0 Å². The van der Waals surface area contributed by atoms with Crippen LogP contribution in [0.25, 0.3) is 33.0 Å². The van der Waals surface area contributed by atoms with Crippen LogP contribution in [0.3, 0.4) is 0 Å². The molecule has 0 saturated heterocycles. The molecule has 2 aliphatic rings. The molecule has 0 aliphatic heterocycles. The molecule has 4 aromatic carbocycles. The first-order chi connectivity index (χ1) is 14.7. The van der Waals surface area contributed by atoms with Crippen molar-refractivity contribution in [2.45, 2.75) is 37.5 Å². The monoisotopic (exact) mass is 406 g/mol. The third-order valence-electron chi connectivity index (χ3n) is 6.59. The van der Waals surface area contributed by atoms with Crippen molar-refractivity contribution in [3.63, 3.8) is 0 Å². The Morgan fingerprint density at radius 2 is 1.23 bits per heavy atom. The summed E-state index contributed by atoms with van der Waals surface area (Å²) in [6.45, 7) is 1.66. The highest BCUT2D eigenvalue weighted by Crippen LogP contribution is 2.50. The Hall–Kier alpha value is -2.84. The van der Waals surface area contributed by atoms with Gasteiger partial charge in [-0.2, -0.15) is 0 Å². The van der Waals surface area contributed by atoms with Gasteiger partial charge in [-0.05, 0) is 87.0 Å². The number of hydrogen-bond donors (Lipinski definition) is 0. The Morgan fingerprint density at radius 3 is 1.97 bits per heavy atom. The minimum atomic E-state index is 0.145. The lowest BCUT2D eigenvalue weighted by Crippen LogP contribution is -2.12. The van der Waals surface area contributed by atoms with E-state index in [2.05, 4.69) is 66.7 Å². The highest BCUT2D eigenvalue weighted by Gasteiger charge is 2.28. The van der Waals surface area contributed by atoms with Gasteiger partial charge in [0, 0.05) is 11.8 Å². The van der Waals surface area contributed by atoms with Gasteiger partial charge in [0.15, 0.2) is 5.12 Å². The van der Waals surface area contributed by atoms with Crippen molar-refractivity contribution in [2.24, 2.45) is 0 Å². The van der Waals surface area contributed by atoms with Crippen molar-refractivity contribution in [3.8, 4) is 22.3 Å². The summed E-state index contributed by atoms with van der Waals surface area (Å²) < 4.78 is 0. The molecule has 1 nitrogen and oxygen atoms in total. The topological polar surface area (TPSA) is 17.1 Å². The summed E-state index contributed by atoms with van der Waals surface area (Å²) in [4.78, 5) is 13.1. The summed E-state index contributed by atoms with van der Waals surface area (Å²) in [6.07, 6.45) is 4.26. The van der Waals surface area contributed by atoms with Crippen molar-refractivity contribution >= 4 is 27.6 Å². The van der Waals surface area contributed by atoms with E-state index in [1.54, 1.807) is 6.92 Å². The van der Waals surface area contributed by atoms with Crippen LogP contribution >= 0.6 is 11.8 Å². The van der Waals surface area contributed by atoms with Gasteiger partial charge in [-0.1, -0.05) is 72.4 Å². The molecule has 0 bridgehead atoms. The average molecular weight is 407 g/mol. The van der Waals surface area contributed by atoms with Crippen LogP contribution < -0.4 is 0 Å². The molecule has 0 unspecified atom stereocenters. The van der Waals surface area contributed by atoms with Gasteiger partial charge in [-0.15, -0.1) is 0 Å². The Bertz CT molecular complexity index is 1350. The minimum absolute atomic E-state index is 0.145. The summed E-state index contributed by atoms with van der Waals surface area (Å²) >= 11 is 1.37. The highest BCUT2D eigenvalue weighted by atomic mass is 32.2. The molecule has 0 aromatic heterocycles. The molecule has 0 spiro atoms. The number of aryl methyl sites for hydroxylation is 4. The maximum atomic E-state index is 12.0. The molecule has 4 aromatic rings. The fourth-order valence-corrected chi connectivity index (χ4v) is 6.14. The van der Waals surface area contributed by atoms with Crippen molar-refractivity contribution in [3.05, 3.63) is 89.0 Å². The van der Waals surface area contributed by atoms with E-state index in [4.69, 9.17) is 0 Å². The standard InChI is InChI=1S/C28H22OS/c1-17(29)30-24-8-4-6-19-11-13-22-16-15-21-14-12-20-10-9-18-5-2-3-7-23(18)25(20)27(21)28(22)26(19)24/h2-10,15-16H,11-14H2,1H3. The van der Waals surface area contributed by atoms with Gasteiger partial charge in [0.25, 0.3) is 0 Å². The molecule has 0 atom stereocenters. The number of carbonyl (C=O) groups is 1. The lowest BCUT2D eigenvalue weighted by atomic mass is 9.74. The van der Waals surface area contributed by atoms with E-state index in [0.717, 1.165) is 30.6 Å². The van der Waals surface area contributed by atoms with E-state index in [-0.39, 0.29) is 5.12 Å². The molecule has 6 rings (SSSR count). The van der Waals surface area contributed by atoms with Crippen molar-refractivity contribution in [1.82, 2.24) is 0 Å². The first kappa shape index (κ1) is 18.0. The summed E-state index contributed by atoms with van der Waals surface area (Å²) in [6, 6.07) is 24.5. The maximum Gasteiger partial charge on any atom is 0.190 e. The molecular weight excluding hydrogens is 384 g/mol. The number of rotatable bonds is 1. The quantitative estimate of drug-likeness (QED) is 0.316. The third-order valence-corrected chi connectivity index (χ3v) is 7.43. The van der Waals surface area contributed by atoms with Crippen LogP contribution in [-0.2, 0) is 30.5 Å². The van der Waals surface area contributed by atoms with Gasteiger partial charge in [0.2, 0.25) is 0 Å². The second kappa shape index (κ2) is 6.85. The lowest BCUT2D eigenvalue weighted by Gasteiger charge is -2.30. The molecule has 0 radical (unpaired) electrons. The van der Waals surface area contributed by atoms with Crippen LogP contribution in [0.2, 0.25) is 0 Å². The second-order valence-electron chi connectivity index (χ2n) is 8.34. The van der Waals surface area contributed by atoms with E-state index in [9.17, 15) is 4.79 Å². The Morgan fingerprint density at radius 1 is 0.633 bits per heavy atom. The summed E-state index contributed by atoms with van der Waals surface area (Å²) in [5.74, 6) is 0. The Balaban J connectivity index is 1.73. The number of benzene rings is 4. The van der Waals surface area contributed by atoms with Gasteiger partial charge in [-0.25, -0.2) is 0 Å². The van der Waals surface area contributed by atoms with Crippen LogP contribution in [0.4, 0.5) is 0 Å². The summed E-state index contributed by atoms with van der Waals surface area (Å²) in [5.41, 5.74) is 11.1. The zero-order valence-corrected chi connectivity index (χ0v) is 17.8. The van der Waals surface area contributed by atoms with Gasteiger partial charge in [0.05, 0.1) is 0 Å². The Labute approximate surface area is 181 Å². The molecule has 0 saturated carbocycles. The zero-order chi connectivity index (χ0) is 20.2. The number of hydrogen-bond acceptors (Lipinski definition) is 2. The SMILES string of the molecule is CC(=O)Sc1cccc2c1-c1c(ccc3c1-c1c(ccc4ccccc14)CC3)CC2. The second-order valence-corrected chi connectivity index (χ2v) is 9.56. The molecular formula is C28H22OS. The lowest BCUT2D eigenvalue weighted by molar-refractivity contribution is -0.109. The predicted octanol–water partition coefficient (Wildman–Crippen LogP) is 7.01. The molecule has 0 N–H and O–H groups in total. The van der Waals surface area contributed by atoms with Gasteiger partial charge >= 0.3 is 0 Å². The van der Waals surface area contributed by atoms with Gasteiger partial charge < -0.3 is 0 Å². The van der Waals surface area contributed by atoms with Gasteiger partial charge in [0.1, 0.15) is 0 Å². The van der Waals surface area contributed by atoms with Crippen LogP contribution in [0.5, 0.6) is 0 Å². The van der Waals surface area contributed by atoms with Crippen LogP contribution in [0.1, 0.15) is 29.2 Å². The third kappa shape index (κ3) is 2.67. The zero-order valence-electron chi connectivity index (χ0n) is 17.0.